The van der Waals surface area contributed by atoms with E-state index in [9.17, 15) is 44.3 Å². The van der Waals surface area contributed by atoms with E-state index in [4.69, 9.17) is 0 Å². The van der Waals surface area contributed by atoms with Gasteiger partial charge in [0.2, 0.25) is 0 Å². The molecule has 0 saturated carbocycles. The van der Waals surface area contributed by atoms with Crippen LogP contribution in [-0.2, 0) is 4.79 Å². The molecule has 1 N–H and O–H groups in total. The molecule has 0 saturated heterocycles. The van der Waals surface area contributed by atoms with Crippen molar-refractivity contribution in [3.63, 3.8) is 0 Å². The number of carbonyl (C=O) groups excluding carboxylic acids is 1. The summed E-state index contributed by atoms with van der Waals surface area (Å²) in [6, 6.07) is 0. The Bertz CT molecular complexity index is 305. The highest BCUT2D eigenvalue weighted by Gasteiger charge is 2.87. The molecule has 20 heavy (non-hydrogen) atoms. The molecule has 0 atom stereocenters. The fraction of sp³-hybridized carbons (Fsp3) is 0.889. The van der Waals surface area contributed by atoms with Crippen molar-refractivity contribution in [1.29, 1.82) is 0 Å². The van der Waals surface area contributed by atoms with E-state index in [1.54, 1.807) is 0 Å². The van der Waals surface area contributed by atoms with Gasteiger partial charge in [-0.25, -0.2) is 0 Å². The van der Waals surface area contributed by atoms with Gasteiger partial charge in [-0.3, -0.25) is 4.79 Å². The molecule has 0 aliphatic rings. The van der Waals surface area contributed by atoms with Crippen LogP contribution in [0, 0.1) is 5.41 Å². The number of hydrogen-bond donors (Lipinski definition) is 1. The van der Waals surface area contributed by atoms with Crippen molar-refractivity contribution in [1.82, 2.24) is 5.32 Å². The van der Waals surface area contributed by atoms with Gasteiger partial charge in [-0.05, 0) is 6.42 Å². The van der Waals surface area contributed by atoms with Gasteiger partial charge < -0.3 is 5.32 Å². The second kappa shape index (κ2) is 5.68. The summed E-state index contributed by atoms with van der Waals surface area (Å²) in [5.74, 6) is -3.17. The van der Waals surface area contributed by atoms with Gasteiger partial charge in [0, 0.05) is 6.54 Å². The monoisotopic (exact) mass is 319 g/mol. The first-order valence-electron chi connectivity index (χ1n) is 5.22. The second-order valence-corrected chi connectivity index (χ2v) is 3.85. The van der Waals surface area contributed by atoms with E-state index in [2.05, 4.69) is 0 Å². The number of nitrogens with one attached hydrogen (secondary N) is 1. The zero-order chi connectivity index (χ0) is 16.4. The van der Waals surface area contributed by atoms with Gasteiger partial charge in [0.05, 0.1) is 0 Å². The maximum absolute atomic E-state index is 12.4. The highest BCUT2D eigenvalue weighted by molar-refractivity contribution is 5.85. The Labute approximate surface area is 107 Å². The Morgan fingerprint density at radius 1 is 0.850 bits per heavy atom. The maximum Gasteiger partial charge on any atom is 0.421 e. The Kier molecular flexibility index (Phi) is 5.35. The van der Waals surface area contributed by atoms with Crippen LogP contribution in [0.25, 0.3) is 0 Å². The highest BCUT2D eigenvalue weighted by atomic mass is 19.4. The van der Waals surface area contributed by atoms with E-state index in [-0.39, 0.29) is 12.8 Å². The van der Waals surface area contributed by atoms with E-state index < -0.39 is 36.4 Å². The summed E-state index contributed by atoms with van der Waals surface area (Å²) in [6.07, 6.45) is -20.4. The van der Waals surface area contributed by atoms with Gasteiger partial charge >= 0.3 is 23.9 Å². The predicted molar refractivity (Wildman–Crippen MR) is 48.5 cm³/mol. The first-order chi connectivity index (χ1) is 8.73. The number of alkyl halides is 9. The first-order valence-corrected chi connectivity index (χ1v) is 5.22. The molecule has 0 aromatic rings. The smallest absolute Gasteiger partial charge is 0.355 e. The van der Waals surface area contributed by atoms with E-state index in [0.717, 1.165) is 5.32 Å². The van der Waals surface area contributed by atoms with Crippen molar-refractivity contribution < 1.29 is 44.3 Å². The normalized spacial score (nSPS) is 14.3. The molecular weight excluding hydrogens is 309 g/mol. The number of hydrogen-bond acceptors (Lipinski definition) is 1. The molecule has 0 aromatic carbocycles. The van der Waals surface area contributed by atoms with Gasteiger partial charge in [0.25, 0.3) is 5.91 Å². The van der Waals surface area contributed by atoms with Gasteiger partial charge in [-0.2, -0.15) is 39.5 Å². The summed E-state index contributed by atoms with van der Waals surface area (Å²) in [5, 5.41) is 1.05. The second-order valence-electron chi connectivity index (χ2n) is 3.85. The van der Waals surface area contributed by atoms with Crippen LogP contribution in [0.15, 0.2) is 0 Å². The topological polar surface area (TPSA) is 29.1 Å². The quantitative estimate of drug-likeness (QED) is 0.623. The SMILES string of the molecule is CCCCNC(=O)C(C(F)(F)F)(C(F)(F)F)C(F)(F)F. The molecule has 0 aliphatic heterocycles. The van der Waals surface area contributed by atoms with Crippen molar-refractivity contribution in [3.05, 3.63) is 0 Å². The molecule has 0 aromatic heterocycles. The molecular formula is C9H10F9NO. The summed E-state index contributed by atoms with van der Waals surface area (Å²) in [6.45, 7) is 0.760. The van der Waals surface area contributed by atoms with Gasteiger partial charge in [0.1, 0.15) is 0 Å². The van der Waals surface area contributed by atoms with Crippen LogP contribution in [0.5, 0.6) is 0 Å². The third-order valence-electron chi connectivity index (χ3n) is 2.43. The Hall–Kier alpha value is -1.16. The number of rotatable bonds is 4. The Balaban J connectivity index is 5.86. The largest absolute Gasteiger partial charge is 0.421 e. The molecule has 2 nitrogen and oxygen atoms in total. The molecule has 120 valence electrons. The molecule has 0 radical (unpaired) electrons. The van der Waals surface area contributed by atoms with E-state index in [1.165, 1.54) is 6.92 Å². The van der Waals surface area contributed by atoms with Crippen LogP contribution in [0.3, 0.4) is 0 Å². The third kappa shape index (κ3) is 3.11. The highest BCUT2D eigenvalue weighted by Crippen LogP contribution is 2.59. The minimum absolute atomic E-state index is 0.0601. The van der Waals surface area contributed by atoms with E-state index >= 15 is 0 Å². The van der Waals surface area contributed by atoms with Crippen LogP contribution in [0.4, 0.5) is 39.5 Å². The van der Waals surface area contributed by atoms with Crippen LogP contribution >= 0.6 is 0 Å². The van der Waals surface area contributed by atoms with Crippen LogP contribution in [0.1, 0.15) is 19.8 Å². The molecule has 0 spiro atoms. The number of amides is 1. The summed E-state index contributed by atoms with van der Waals surface area (Å²) in [4.78, 5) is 11.0. The number of halogens is 9. The lowest BCUT2D eigenvalue weighted by atomic mass is 9.84. The molecule has 0 fully saturated rings. The minimum atomic E-state index is -6.86. The van der Waals surface area contributed by atoms with Crippen LogP contribution in [-0.4, -0.2) is 31.0 Å². The molecule has 0 unspecified atom stereocenters. The maximum atomic E-state index is 12.4. The molecule has 0 rings (SSSR count). The summed E-state index contributed by atoms with van der Waals surface area (Å²) >= 11 is 0. The number of unbranched alkanes of at least 4 members (excludes halogenated alkanes) is 1. The van der Waals surface area contributed by atoms with Gasteiger partial charge in [-0.1, -0.05) is 13.3 Å². The van der Waals surface area contributed by atoms with Gasteiger partial charge in [-0.15, -0.1) is 0 Å². The van der Waals surface area contributed by atoms with Crippen molar-refractivity contribution in [2.45, 2.75) is 38.3 Å². The minimum Gasteiger partial charge on any atom is -0.355 e. The average Bonchev–Trinajstić information content (AvgIpc) is 2.10. The van der Waals surface area contributed by atoms with Crippen molar-refractivity contribution in [3.8, 4) is 0 Å². The van der Waals surface area contributed by atoms with Crippen LogP contribution < -0.4 is 5.32 Å². The van der Waals surface area contributed by atoms with E-state index in [1.807, 2.05) is 0 Å². The lowest BCUT2D eigenvalue weighted by Gasteiger charge is -2.36. The summed E-state index contributed by atoms with van der Waals surface area (Å²) in [5.41, 5.74) is -6.43. The van der Waals surface area contributed by atoms with Gasteiger partial charge in [0.15, 0.2) is 0 Å². The molecule has 0 bridgehead atoms. The molecule has 0 aliphatic carbocycles. The zero-order valence-electron chi connectivity index (χ0n) is 9.93. The third-order valence-corrected chi connectivity index (χ3v) is 2.43. The Morgan fingerprint density at radius 3 is 1.45 bits per heavy atom. The first kappa shape index (κ1) is 18.8. The standard InChI is InChI=1S/C9H10F9NO/c1-2-3-4-19-5(20)6(7(10,11)12,8(13,14)15)9(16,17)18/h2-4H2,1H3,(H,19,20). The zero-order valence-corrected chi connectivity index (χ0v) is 9.93. The van der Waals surface area contributed by atoms with Crippen molar-refractivity contribution in [2.24, 2.45) is 5.41 Å². The fourth-order valence-electron chi connectivity index (χ4n) is 1.38. The molecule has 11 heteroatoms. The summed E-state index contributed by atoms with van der Waals surface area (Å²) in [7, 11) is 0. The predicted octanol–water partition coefficient (Wildman–Crippen LogP) is 3.58. The van der Waals surface area contributed by atoms with Crippen molar-refractivity contribution in [2.75, 3.05) is 6.54 Å². The lowest BCUT2D eigenvalue weighted by Crippen LogP contribution is -2.67. The fourth-order valence-corrected chi connectivity index (χ4v) is 1.38. The average molecular weight is 319 g/mol. The number of carbonyl (C=O) groups is 1. The molecule has 0 heterocycles. The summed E-state index contributed by atoms with van der Waals surface area (Å²) < 4.78 is 112. The molecule has 1 amide bonds. The van der Waals surface area contributed by atoms with Crippen molar-refractivity contribution >= 4 is 5.91 Å². The van der Waals surface area contributed by atoms with Crippen LogP contribution in [0.2, 0.25) is 0 Å². The lowest BCUT2D eigenvalue weighted by molar-refractivity contribution is -0.406. The Morgan fingerprint density at radius 2 is 1.20 bits per heavy atom. The van der Waals surface area contributed by atoms with E-state index in [0.29, 0.717) is 0 Å².